The molecule has 3 aromatic carbocycles. The molecule has 0 saturated carbocycles. The van der Waals surface area contributed by atoms with Crippen LogP contribution >= 0.6 is 0 Å². The summed E-state index contributed by atoms with van der Waals surface area (Å²) < 4.78 is 4.55. The number of benzene rings is 3. The zero-order chi connectivity index (χ0) is 35.5. The molecule has 2 aromatic heterocycles. The number of carbonyl (C=O) groups is 4. The van der Waals surface area contributed by atoms with Crippen molar-refractivity contribution in [3.63, 3.8) is 0 Å². The van der Waals surface area contributed by atoms with Crippen LogP contribution in [0.4, 0.5) is 4.79 Å². The van der Waals surface area contributed by atoms with Crippen molar-refractivity contribution in [2.45, 2.75) is 39.8 Å². The number of ether oxygens (including phenoxy) is 1. The van der Waals surface area contributed by atoms with Gasteiger partial charge in [-0.15, -0.1) is 0 Å². The maximum Gasteiger partial charge on any atom is 0.407 e. The quantitative estimate of drug-likeness (QED) is 0.108. The Balaban J connectivity index is 1.23. The van der Waals surface area contributed by atoms with Gasteiger partial charge in [0.15, 0.2) is 0 Å². The first-order chi connectivity index (χ1) is 24.3. The fourth-order valence-corrected chi connectivity index (χ4v) is 5.66. The van der Waals surface area contributed by atoms with Crippen molar-refractivity contribution in [1.29, 1.82) is 0 Å². The second-order valence-corrected chi connectivity index (χ2v) is 11.8. The summed E-state index contributed by atoms with van der Waals surface area (Å²) in [4.78, 5) is 66.3. The fourth-order valence-electron chi connectivity index (χ4n) is 5.66. The molecule has 5 aromatic rings. The molecule has 0 bridgehead atoms. The molecule has 0 aliphatic rings. The number of hydrogen-bond acceptors (Lipinski definition) is 7. The SMILES string of the molecule is CCCN(Cc1ncc(-c2ccc(-c3ccc(-c4ccc5nc(CN(CCC)C(=O)CNC=O)[nH]c5c4)cc3)cc2)[nH]1)C(=O)CNC(=O)OC. The summed E-state index contributed by atoms with van der Waals surface area (Å²) in [5.74, 6) is 0.972. The number of amides is 4. The van der Waals surface area contributed by atoms with Gasteiger partial charge < -0.3 is 35.1 Å². The van der Waals surface area contributed by atoms with E-state index in [-0.39, 0.29) is 24.9 Å². The number of H-pyrrole nitrogens is 2. The van der Waals surface area contributed by atoms with E-state index in [9.17, 15) is 19.2 Å². The molecule has 4 N–H and O–H groups in total. The third-order valence-electron chi connectivity index (χ3n) is 8.19. The highest BCUT2D eigenvalue weighted by Crippen LogP contribution is 2.29. The van der Waals surface area contributed by atoms with Gasteiger partial charge >= 0.3 is 6.09 Å². The Morgan fingerprint density at radius 2 is 1.32 bits per heavy atom. The van der Waals surface area contributed by atoms with Gasteiger partial charge in [0.2, 0.25) is 18.2 Å². The van der Waals surface area contributed by atoms with Crippen molar-refractivity contribution in [3.05, 3.63) is 84.6 Å². The lowest BCUT2D eigenvalue weighted by Gasteiger charge is -2.21. The lowest BCUT2D eigenvalue weighted by atomic mass is 9.99. The van der Waals surface area contributed by atoms with Gasteiger partial charge in [-0.05, 0) is 52.8 Å². The van der Waals surface area contributed by atoms with Gasteiger partial charge in [0, 0.05) is 13.1 Å². The minimum Gasteiger partial charge on any atom is -0.453 e. The van der Waals surface area contributed by atoms with Crippen molar-refractivity contribution in [2.24, 2.45) is 0 Å². The average molecular weight is 679 g/mol. The summed E-state index contributed by atoms with van der Waals surface area (Å²) in [5, 5.41) is 4.88. The maximum absolute atomic E-state index is 12.6. The first-order valence-electron chi connectivity index (χ1n) is 16.6. The lowest BCUT2D eigenvalue weighted by molar-refractivity contribution is -0.132. The Kier molecular flexibility index (Phi) is 11.9. The molecule has 0 spiro atoms. The number of methoxy groups -OCH3 is 1. The van der Waals surface area contributed by atoms with E-state index in [4.69, 9.17) is 0 Å². The molecule has 0 unspecified atom stereocenters. The normalized spacial score (nSPS) is 10.9. The molecular formula is C37H42N8O5. The number of fused-ring (bicyclic) bond motifs is 1. The van der Waals surface area contributed by atoms with E-state index < -0.39 is 6.09 Å². The van der Waals surface area contributed by atoms with E-state index in [1.165, 1.54) is 7.11 Å². The number of carbonyl (C=O) groups excluding carboxylic acids is 4. The summed E-state index contributed by atoms with van der Waals surface area (Å²) in [7, 11) is 1.26. The number of imidazole rings is 2. The zero-order valence-electron chi connectivity index (χ0n) is 28.5. The fraction of sp³-hybridized carbons (Fsp3) is 0.297. The van der Waals surface area contributed by atoms with Gasteiger partial charge in [-0.25, -0.2) is 14.8 Å². The number of nitrogens with one attached hydrogen (secondary N) is 4. The molecule has 0 radical (unpaired) electrons. The van der Waals surface area contributed by atoms with Crippen molar-refractivity contribution in [3.8, 4) is 33.5 Å². The number of alkyl carbamates (subject to hydrolysis) is 1. The highest BCUT2D eigenvalue weighted by molar-refractivity contribution is 5.84. The molecular weight excluding hydrogens is 636 g/mol. The number of aromatic amines is 2. The number of aromatic nitrogens is 4. The van der Waals surface area contributed by atoms with Crippen LogP contribution in [0.5, 0.6) is 0 Å². The molecule has 50 heavy (non-hydrogen) atoms. The number of rotatable bonds is 16. The van der Waals surface area contributed by atoms with Gasteiger partial charge in [0.25, 0.3) is 0 Å². The first kappa shape index (κ1) is 35.3. The molecule has 4 amide bonds. The average Bonchev–Trinajstić information content (AvgIpc) is 3.79. The molecule has 13 heteroatoms. The van der Waals surface area contributed by atoms with Crippen molar-refractivity contribution >= 4 is 35.4 Å². The predicted octanol–water partition coefficient (Wildman–Crippen LogP) is 4.87. The summed E-state index contributed by atoms with van der Waals surface area (Å²) in [5.41, 5.74) is 7.77. The zero-order valence-corrected chi connectivity index (χ0v) is 28.5. The van der Waals surface area contributed by atoms with Gasteiger partial charge in [0.05, 0.1) is 49.7 Å². The smallest absolute Gasteiger partial charge is 0.407 e. The molecule has 0 atom stereocenters. The number of hydrogen-bond donors (Lipinski definition) is 4. The van der Waals surface area contributed by atoms with E-state index in [1.807, 2.05) is 38.1 Å². The van der Waals surface area contributed by atoms with Crippen LogP contribution in [0.3, 0.4) is 0 Å². The summed E-state index contributed by atoms with van der Waals surface area (Å²) >= 11 is 0. The molecule has 0 aliphatic heterocycles. The largest absolute Gasteiger partial charge is 0.453 e. The minimum atomic E-state index is -0.648. The van der Waals surface area contributed by atoms with Gasteiger partial charge in [-0.2, -0.15) is 0 Å². The summed E-state index contributed by atoms with van der Waals surface area (Å²) in [6.07, 6.45) is 3.20. The highest BCUT2D eigenvalue weighted by Gasteiger charge is 2.17. The van der Waals surface area contributed by atoms with E-state index >= 15 is 0 Å². The molecule has 0 aliphatic carbocycles. The van der Waals surface area contributed by atoms with Gasteiger partial charge in [0.1, 0.15) is 18.2 Å². The van der Waals surface area contributed by atoms with Crippen LogP contribution in [-0.4, -0.2) is 87.3 Å². The van der Waals surface area contributed by atoms with Crippen molar-refractivity contribution in [1.82, 2.24) is 40.4 Å². The monoisotopic (exact) mass is 678 g/mol. The van der Waals surface area contributed by atoms with Crippen molar-refractivity contribution < 1.29 is 23.9 Å². The Morgan fingerprint density at radius 1 is 0.760 bits per heavy atom. The Morgan fingerprint density at radius 3 is 1.92 bits per heavy atom. The van der Waals surface area contributed by atoms with E-state index in [2.05, 4.69) is 77.8 Å². The molecule has 0 fully saturated rings. The molecule has 13 nitrogen and oxygen atoms in total. The van der Waals surface area contributed by atoms with Gasteiger partial charge in [-0.3, -0.25) is 14.4 Å². The molecule has 2 heterocycles. The topological polar surface area (TPSA) is 165 Å². The maximum atomic E-state index is 12.6. The third-order valence-corrected chi connectivity index (χ3v) is 8.19. The van der Waals surface area contributed by atoms with E-state index in [1.54, 1.807) is 16.0 Å². The minimum absolute atomic E-state index is 0.0392. The number of nitrogens with zero attached hydrogens (tertiary/aromatic N) is 4. The lowest BCUT2D eigenvalue weighted by Crippen LogP contribution is -2.40. The Bertz CT molecular complexity index is 1920. The van der Waals surface area contributed by atoms with Crippen LogP contribution in [0.15, 0.2) is 72.9 Å². The van der Waals surface area contributed by atoms with E-state index in [0.717, 1.165) is 57.4 Å². The van der Waals surface area contributed by atoms with Crippen LogP contribution in [0.25, 0.3) is 44.5 Å². The highest BCUT2D eigenvalue weighted by atomic mass is 16.5. The summed E-state index contributed by atoms with van der Waals surface area (Å²) in [6.45, 7) is 5.55. The molecule has 5 rings (SSSR count). The Labute approximate surface area is 290 Å². The second kappa shape index (κ2) is 16.9. The van der Waals surface area contributed by atoms with Gasteiger partial charge in [-0.1, -0.05) is 68.4 Å². The van der Waals surface area contributed by atoms with E-state index in [0.29, 0.717) is 44.2 Å². The standard InChI is InChI=1S/C37H42N8O5/c1-4-16-44(36(48)21-40-37(49)50-3)22-33-39-19-32(43-33)28-12-10-26(11-13-28)25-6-8-27(9-7-25)29-14-15-30-31(18-29)42-34(41-30)23-45(17-5-2)35(47)20-38-24-46/h6-15,18-19,24H,4-5,16-17,20-23H2,1-3H3,(H,38,46)(H,39,43)(H,40,49)(H,41,42). The molecule has 0 saturated heterocycles. The van der Waals surface area contributed by atoms with Crippen LogP contribution in [-0.2, 0) is 32.2 Å². The second-order valence-electron chi connectivity index (χ2n) is 11.8. The predicted molar refractivity (Wildman–Crippen MR) is 190 cm³/mol. The van der Waals surface area contributed by atoms with Crippen LogP contribution in [0.2, 0.25) is 0 Å². The van der Waals surface area contributed by atoms with Crippen LogP contribution in [0.1, 0.15) is 38.3 Å². The Hall–Kier alpha value is -5.98. The summed E-state index contributed by atoms with van der Waals surface area (Å²) in [6, 6.07) is 22.6. The van der Waals surface area contributed by atoms with Crippen LogP contribution < -0.4 is 10.6 Å². The third kappa shape index (κ3) is 8.92. The van der Waals surface area contributed by atoms with Crippen molar-refractivity contribution in [2.75, 3.05) is 33.3 Å². The molecule has 260 valence electrons. The van der Waals surface area contributed by atoms with Crippen LogP contribution in [0, 0.1) is 0 Å². The first-order valence-corrected chi connectivity index (χ1v) is 16.6.